The van der Waals surface area contributed by atoms with Gasteiger partial charge in [-0.3, -0.25) is 4.90 Å². The van der Waals surface area contributed by atoms with Crippen LogP contribution in [0.1, 0.15) is 24.5 Å². The molecule has 0 bridgehead atoms. The van der Waals surface area contributed by atoms with Gasteiger partial charge < -0.3 is 5.11 Å². The van der Waals surface area contributed by atoms with Gasteiger partial charge in [-0.05, 0) is 30.3 Å². The predicted octanol–water partition coefficient (Wildman–Crippen LogP) is 2.66. The first-order valence-corrected chi connectivity index (χ1v) is 6.35. The molecule has 0 saturated carbocycles. The topological polar surface area (TPSA) is 64.3 Å². The molecule has 0 aromatic heterocycles. The van der Waals surface area contributed by atoms with Crippen LogP contribution < -0.4 is 0 Å². The van der Waals surface area contributed by atoms with Gasteiger partial charge >= 0.3 is 5.97 Å². The number of benzene rings is 1. The molecule has 0 amide bonds. The fourth-order valence-corrected chi connectivity index (χ4v) is 1.80. The van der Waals surface area contributed by atoms with Crippen molar-refractivity contribution < 1.29 is 14.3 Å². The number of rotatable bonds is 7. The third kappa shape index (κ3) is 5.21. The van der Waals surface area contributed by atoms with Gasteiger partial charge in [0.25, 0.3) is 0 Å². The average molecular weight is 276 g/mol. The highest BCUT2D eigenvalue weighted by Gasteiger charge is 2.06. The van der Waals surface area contributed by atoms with Crippen LogP contribution >= 0.6 is 0 Å². The van der Waals surface area contributed by atoms with E-state index in [-0.39, 0.29) is 5.56 Å². The molecule has 0 saturated heterocycles. The van der Waals surface area contributed by atoms with Crippen LogP contribution in [-0.4, -0.2) is 29.1 Å². The lowest BCUT2D eigenvalue weighted by atomic mass is 10.1. The zero-order valence-electron chi connectivity index (χ0n) is 11.3. The molecule has 0 spiro atoms. The lowest BCUT2D eigenvalue weighted by Gasteiger charge is -2.19. The standard InChI is InChI=1S/C15H17FN2O2/c1-2-18(9-3-8-17)11-12-4-6-14(16)13(10-12)5-7-15(19)20/h4-7,10H,2-3,9,11H2,1H3,(H,19,20). The Labute approximate surface area is 117 Å². The van der Waals surface area contributed by atoms with Gasteiger partial charge in [-0.2, -0.15) is 5.26 Å². The first-order valence-electron chi connectivity index (χ1n) is 6.35. The molecule has 0 unspecified atom stereocenters. The molecule has 0 aliphatic heterocycles. The number of nitriles is 1. The van der Waals surface area contributed by atoms with E-state index in [1.807, 2.05) is 6.92 Å². The SMILES string of the molecule is CCN(CCC#N)Cc1ccc(F)c(C=CC(=O)O)c1. The summed E-state index contributed by atoms with van der Waals surface area (Å²) in [7, 11) is 0. The highest BCUT2D eigenvalue weighted by molar-refractivity contribution is 5.85. The van der Waals surface area contributed by atoms with Crippen molar-refractivity contribution in [2.75, 3.05) is 13.1 Å². The fraction of sp³-hybridized carbons (Fsp3) is 0.333. The van der Waals surface area contributed by atoms with Crippen molar-refractivity contribution in [2.45, 2.75) is 19.9 Å². The Kier molecular flexibility index (Phi) is 6.41. The normalized spacial score (nSPS) is 10.9. The van der Waals surface area contributed by atoms with Crippen molar-refractivity contribution in [3.8, 4) is 6.07 Å². The Morgan fingerprint density at radius 2 is 2.30 bits per heavy atom. The first kappa shape index (κ1) is 15.9. The predicted molar refractivity (Wildman–Crippen MR) is 74.3 cm³/mol. The summed E-state index contributed by atoms with van der Waals surface area (Å²) >= 11 is 0. The third-order valence-corrected chi connectivity index (χ3v) is 2.86. The summed E-state index contributed by atoms with van der Waals surface area (Å²) in [4.78, 5) is 12.5. The van der Waals surface area contributed by atoms with Gasteiger partial charge in [0.2, 0.25) is 0 Å². The zero-order valence-corrected chi connectivity index (χ0v) is 11.3. The maximum Gasteiger partial charge on any atom is 0.328 e. The minimum absolute atomic E-state index is 0.251. The summed E-state index contributed by atoms with van der Waals surface area (Å²) in [6.45, 7) is 4.04. The number of aliphatic carboxylic acids is 1. The van der Waals surface area contributed by atoms with Crippen LogP contribution in [-0.2, 0) is 11.3 Å². The molecule has 1 aromatic rings. The summed E-state index contributed by atoms with van der Waals surface area (Å²) in [6, 6.07) is 6.72. The Morgan fingerprint density at radius 1 is 1.55 bits per heavy atom. The Bertz CT molecular complexity index is 535. The molecule has 0 heterocycles. The van der Waals surface area contributed by atoms with Crippen LogP contribution in [0.15, 0.2) is 24.3 Å². The fourth-order valence-electron chi connectivity index (χ4n) is 1.80. The van der Waals surface area contributed by atoms with Crippen molar-refractivity contribution >= 4 is 12.0 Å². The molecular formula is C15H17FN2O2. The van der Waals surface area contributed by atoms with Crippen molar-refractivity contribution in [1.82, 2.24) is 4.90 Å². The first-order chi connectivity index (χ1) is 9.56. The molecule has 0 radical (unpaired) electrons. The van der Waals surface area contributed by atoms with Crippen LogP contribution in [0.25, 0.3) is 6.08 Å². The van der Waals surface area contributed by atoms with Gasteiger partial charge in [-0.25, -0.2) is 9.18 Å². The molecule has 1 rings (SSSR count). The second-order valence-corrected chi connectivity index (χ2v) is 4.30. The minimum Gasteiger partial charge on any atom is -0.478 e. The third-order valence-electron chi connectivity index (χ3n) is 2.86. The molecule has 20 heavy (non-hydrogen) atoms. The Morgan fingerprint density at radius 3 is 2.90 bits per heavy atom. The van der Waals surface area contributed by atoms with E-state index in [1.165, 1.54) is 12.1 Å². The maximum atomic E-state index is 13.5. The van der Waals surface area contributed by atoms with Crippen molar-refractivity contribution in [3.63, 3.8) is 0 Å². The molecule has 0 aliphatic carbocycles. The van der Waals surface area contributed by atoms with E-state index in [4.69, 9.17) is 10.4 Å². The van der Waals surface area contributed by atoms with Crippen LogP contribution in [0.5, 0.6) is 0 Å². The van der Waals surface area contributed by atoms with Crippen molar-refractivity contribution in [3.05, 3.63) is 41.2 Å². The highest BCUT2D eigenvalue weighted by Crippen LogP contribution is 2.14. The van der Waals surface area contributed by atoms with Crippen molar-refractivity contribution in [1.29, 1.82) is 5.26 Å². The lowest BCUT2D eigenvalue weighted by Crippen LogP contribution is -2.23. The number of carboxylic acids is 1. The summed E-state index contributed by atoms with van der Waals surface area (Å²) in [5.74, 6) is -1.56. The summed E-state index contributed by atoms with van der Waals surface area (Å²) < 4.78 is 13.5. The van der Waals surface area contributed by atoms with Gasteiger partial charge in [0, 0.05) is 31.1 Å². The Hall–Kier alpha value is -2.19. The maximum absolute atomic E-state index is 13.5. The van der Waals surface area contributed by atoms with Gasteiger partial charge in [0.15, 0.2) is 0 Å². The molecule has 106 valence electrons. The average Bonchev–Trinajstić information content (AvgIpc) is 2.43. The zero-order chi connectivity index (χ0) is 15.0. The molecule has 4 nitrogen and oxygen atoms in total. The van der Waals surface area contributed by atoms with E-state index >= 15 is 0 Å². The molecule has 0 atom stereocenters. The van der Waals surface area contributed by atoms with Crippen LogP contribution in [0.2, 0.25) is 0 Å². The quantitative estimate of drug-likeness (QED) is 0.778. The van der Waals surface area contributed by atoms with Gasteiger partial charge in [-0.1, -0.05) is 13.0 Å². The van der Waals surface area contributed by atoms with E-state index in [0.29, 0.717) is 19.5 Å². The molecular weight excluding hydrogens is 259 g/mol. The minimum atomic E-state index is -1.11. The smallest absolute Gasteiger partial charge is 0.328 e. The van der Waals surface area contributed by atoms with E-state index in [9.17, 15) is 9.18 Å². The monoisotopic (exact) mass is 276 g/mol. The van der Waals surface area contributed by atoms with Gasteiger partial charge in [0.05, 0.1) is 6.07 Å². The molecule has 1 N–H and O–H groups in total. The van der Waals surface area contributed by atoms with E-state index in [1.54, 1.807) is 12.1 Å². The van der Waals surface area contributed by atoms with Gasteiger partial charge in [0.1, 0.15) is 5.82 Å². The number of nitrogens with zero attached hydrogens (tertiary/aromatic N) is 2. The Balaban J connectivity index is 2.83. The van der Waals surface area contributed by atoms with E-state index in [2.05, 4.69) is 11.0 Å². The van der Waals surface area contributed by atoms with Crippen LogP contribution in [0.3, 0.4) is 0 Å². The number of hydrogen-bond acceptors (Lipinski definition) is 3. The number of carbonyl (C=O) groups is 1. The molecule has 0 aliphatic rings. The largest absolute Gasteiger partial charge is 0.478 e. The van der Waals surface area contributed by atoms with Crippen LogP contribution in [0.4, 0.5) is 4.39 Å². The number of hydrogen-bond donors (Lipinski definition) is 1. The number of halogens is 1. The summed E-state index contributed by atoms with van der Waals surface area (Å²) in [5.41, 5.74) is 1.14. The molecule has 5 heteroatoms. The van der Waals surface area contributed by atoms with E-state index in [0.717, 1.165) is 18.2 Å². The van der Waals surface area contributed by atoms with Gasteiger partial charge in [-0.15, -0.1) is 0 Å². The summed E-state index contributed by atoms with van der Waals surface area (Å²) in [5, 5.41) is 17.2. The van der Waals surface area contributed by atoms with Crippen LogP contribution in [0, 0.1) is 17.1 Å². The van der Waals surface area contributed by atoms with Crippen molar-refractivity contribution in [2.24, 2.45) is 0 Å². The second kappa shape index (κ2) is 8.08. The molecule has 0 fully saturated rings. The lowest BCUT2D eigenvalue weighted by molar-refractivity contribution is -0.131. The highest BCUT2D eigenvalue weighted by atomic mass is 19.1. The van der Waals surface area contributed by atoms with E-state index < -0.39 is 11.8 Å². The number of carboxylic acid groups (broad SMARTS) is 1. The molecule has 1 aromatic carbocycles. The summed E-state index contributed by atoms with van der Waals surface area (Å²) in [6.07, 6.45) is 2.60. The second-order valence-electron chi connectivity index (χ2n) is 4.30.